The summed E-state index contributed by atoms with van der Waals surface area (Å²) >= 11 is 0. The van der Waals surface area contributed by atoms with Crippen LogP contribution in [0.5, 0.6) is 5.75 Å². The fourth-order valence-electron chi connectivity index (χ4n) is 3.97. The van der Waals surface area contributed by atoms with Crippen LogP contribution in [0.2, 0.25) is 0 Å². The first-order valence-electron chi connectivity index (χ1n) is 12.6. The summed E-state index contributed by atoms with van der Waals surface area (Å²) in [6, 6.07) is 24.1. The number of aliphatic carboxylic acids is 1. The van der Waals surface area contributed by atoms with Gasteiger partial charge in [0.1, 0.15) is 11.3 Å². The normalized spacial score (nSPS) is 12.2. The van der Waals surface area contributed by atoms with Gasteiger partial charge in [0, 0.05) is 12.3 Å². The van der Waals surface area contributed by atoms with Gasteiger partial charge in [0.25, 0.3) is 0 Å². The van der Waals surface area contributed by atoms with E-state index < -0.39 is 47.4 Å². The Bertz CT molecular complexity index is 1530. The first-order chi connectivity index (χ1) is 19.3. The van der Waals surface area contributed by atoms with E-state index in [0.29, 0.717) is 12.0 Å². The van der Waals surface area contributed by atoms with Gasteiger partial charge >= 0.3 is 23.7 Å². The number of carboxylic acid groups (broad SMARTS) is 1. The molecule has 0 amide bonds. The fourth-order valence-corrected chi connectivity index (χ4v) is 3.97. The number of aryl methyl sites for hydroxylation is 1. The number of hydrogen-bond donors (Lipinski definition) is 2. The molecular formula is C31H29F3O7. The molecule has 0 aliphatic carbocycles. The standard InChI is InChI=1S/C22H19F3O5.C9H10O2/c1-21(2,22(23,24)25)30-17(26)12-15(13-8-4-3-5-9-13)18-19(27)14-10-6-7-11-16(14)29-20(18)28;10-9(11)7-6-8-4-2-1-3-5-8/h3-11,15,27H,12H2,1-2H3;1-5H,6-7H2,(H,10,11). The molecule has 3 aromatic carbocycles. The molecule has 0 aliphatic heterocycles. The highest BCUT2D eigenvalue weighted by atomic mass is 19.4. The predicted octanol–water partition coefficient (Wildman–Crippen LogP) is 6.61. The van der Waals surface area contributed by atoms with Crippen molar-refractivity contribution in [3.05, 3.63) is 112 Å². The van der Waals surface area contributed by atoms with Crippen molar-refractivity contribution in [3.8, 4) is 5.75 Å². The summed E-state index contributed by atoms with van der Waals surface area (Å²) in [5.41, 5.74) is -2.14. The van der Waals surface area contributed by atoms with Crippen molar-refractivity contribution in [2.24, 2.45) is 0 Å². The zero-order valence-corrected chi connectivity index (χ0v) is 22.4. The molecular weight excluding hydrogens is 541 g/mol. The molecule has 0 saturated carbocycles. The third kappa shape index (κ3) is 8.20. The van der Waals surface area contributed by atoms with Gasteiger partial charge in [0.15, 0.2) is 0 Å². The molecule has 4 aromatic rings. The number of hydrogen-bond acceptors (Lipinski definition) is 6. The van der Waals surface area contributed by atoms with Gasteiger partial charge in [-0.25, -0.2) is 4.79 Å². The number of ether oxygens (including phenoxy) is 1. The summed E-state index contributed by atoms with van der Waals surface area (Å²) in [7, 11) is 0. The Balaban J connectivity index is 0.000000352. The van der Waals surface area contributed by atoms with Crippen LogP contribution in [0.1, 0.15) is 49.3 Å². The Kier molecular flexibility index (Phi) is 9.94. The molecule has 1 heterocycles. The maximum absolute atomic E-state index is 13.1. The molecule has 1 atom stereocenters. The van der Waals surface area contributed by atoms with E-state index in [1.54, 1.807) is 42.5 Å². The molecule has 1 aromatic heterocycles. The van der Waals surface area contributed by atoms with Crippen molar-refractivity contribution in [2.75, 3.05) is 0 Å². The Hall–Kier alpha value is -4.60. The van der Waals surface area contributed by atoms with E-state index in [1.807, 2.05) is 30.3 Å². The lowest BCUT2D eigenvalue weighted by Gasteiger charge is -2.28. The highest BCUT2D eigenvalue weighted by molar-refractivity contribution is 5.84. The lowest BCUT2D eigenvalue weighted by Crippen LogP contribution is -2.43. The van der Waals surface area contributed by atoms with E-state index in [0.717, 1.165) is 19.4 Å². The fraction of sp³-hybridized carbons (Fsp3) is 0.258. The topological polar surface area (TPSA) is 114 Å². The number of para-hydroxylation sites is 1. The molecule has 41 heavy (non-hydrogen) atoms. The third-order valence-electron chi connectivity index (χ3n) is 6.26. The number of halogens is 3. The van der Waals surface area contributed by atoms with Gasteiger partial charge in [0.2, 0.25) is 5.60 Å². The van der Waals surface area contributed by atoms with Crippen molar-refractivity contribution in [1.82, 2.24) is 0 Å². The molecule has 1 unspecified atom stereocenters. The highest BCUT2D eigenvalue weighted by Crippen LogP contribution is 2.38. The number of carbonyl (C=O) groups is 2. The van der Waals surface area contributed by atoms with Gasteiger partial charge in [0.05, 0.1) is 17.4 Å². The van der Waals surface area contributed by atoms with Crippen LogP contribution in [0.25, 0.3) is 11.0 Å². The van der Waals surface area contributed by atoms with E-state index in [-0.39, 0.29) is 23.0 Å². The summed E-state index contributed by atoms with van der Waals surface area (Å²) < 4.78 is 49.2. The third-order valence-corrected chi connectivity index (χ3v) is 6.26. The Morgan fingerprint density at radius 3 is 2.05 bits per heavy atom. The average molecular weight is 571 g/mol. The monoisotopic (exact) mass is 570 g/mol. The summed E-state index contributed by atoms with van der Waals surface area (Å²) in [5.74, 6) is -3.37. The van der Waals surface area contributed by atoms with Crippen LogP contribution >= 0.6 is 0 Å². The van der Waals surface area contributed by atoms with E-state index in [1.165, 1.54) is 12.1 Å². The number of rotatable bonds is 8. The second-order valence-corrected chi connectivity index (χ2v) is 9.68. The van der Waals surface area contributed by atoms with Crippen LogP contribution in [0.3, 0.4) is 0 Å². The number of esters is 1. The number of alkyl halides is 3. The first kappa shape index (κ1) is 30.9. The minimum absolute atomic E-state index is 0.149. The summed E-state index contributed by atoms with van der Waals surface area (Å²) in [6.45, 7) is 1.48. The van der Waals surface area contributed by atoms with Crippen molar-refractivity contribution < 1.29 is 42.1 Å². The molecule has 0 saturated heterocycles. The van der Waals surface area contributed by atoms with Gasteiger partial charge in [-0.05, 0) is 43.5 Å². The number of aromatic hydroxyl groups is 1. The molecule has 7 nitrogen and oxygen atoms in total. The minimum Gasteiger partial charge on any atom is -0.507 e. The lowest BCUT2D eigenvalue weighted by atomic mass is 9.88. The number of fused-ring (bicyclic) bond motifs is 1. The van der Waals surface area contributed by atoms with E-state index in [9.17, 15) is 32.7 Å². The Morgan fingerprint density at radius 1 is 0.902 bits per heavy atom. The molecule has 0 radical (unpaired) electrons. The van der Waals surface area contributed by atoms with E-state index >= 15 is 0 Å². The summed E-state index contributed by atoms with van der Waals surface area (Å²) in [4.78, 5) is 35.2. The van der Waals surface area contributed by atoms with Crippen LogP contribution < -0.4 is 5.63 Å². The molecule has 10 heteroatoms. The molecule has 0 bridgehead atoms. The molecule has 0 aliphatic rings. The zero-order chi connectivity index (χ0) is 30.2. The molecule has 2 N–H and O–H groups in total. The van der Waals surface area contributed by atoms with Crippen molar-refractivity contribution in [1.29, 1.82) is 0 Å². The van der Waals surface area contributed by atoms with Crippen LogP contribution in [0, 0.1) is 0 Å². The van der Waals surface area contributed by atoms with Gasteiger partial charge in [-0.2, -0.15) is 13.2 Å². The van der Waals surface area contributed by atoms with Crippen LogP contribution in [0.15, 0.2) is 94.1 Å². The SMILES string of the molecule is CC(C)(OC(=O)CC(c1ccccc1)c1c(O)c2ccccc2oc1=O)C(F)(F)F.O=C(O)CCc1ccccc1. The molecule has 0 spiro atoms. The van der Waals surface area contributed by atoms with E-state index in [4.69, 9.17) is 9.52 Å². The highest BCUT2D eigenvalue weighted by Gasteiger charge is 2.51. The number of benzene rings is 3. The maximum Gasteiger partial charge on any atom is 0.427 e. The van der Waals surface area contributed by atoms with E-state index in [2.05, 4.69) is 4.74 Å². The van der Waals surface area contributed by atoms with Gasteiger partial charge in [-0.15, -0.1) is 0 Å². The zero-order valence-electron chi connectivity index (χ0n) is 22.4. The Morgan fingerprint density at radius 2 is 1.46 bits per heavy atom. The largest absolute Gasteiger partial charge is 0.507 e. The smallest absolute Gasteiger partial charge is 0.427 e. The predicted molar refractivity (Wildman–Crippen MR) is 146 cm³/mol. The maximum atomic E-state index is 13.1. The average Bonchev–Trinajstić information content (AvgIpc) is 2.92. The summed E-state index contributed by atoms with van der Waals surface area (Å²) in [6.07, 6.45) is -4.53. The van der Waals surface area contributed by atoms with Crippen LogP contribution in [0.4, 0.5) is 13.2 Å². The molecule has 216 valence electrons. The molecule has 4 rings (SSSR count). The first-order valence-corrected chi connectivity index (χ1v) is 12.6. The minimum atomic E-state index is -4.77. The number of carbonyl (C=O) groups excluding carboxylic acids is 1. The second-order valence-electron chi connectivity index (χ2n) is 9.68. The second kappa shape index (κ2) is 13.2. The van der Waals surface area contributed by atoms with Gasteiger partial charge < -0.3 is 19.4 Å². The quantitative estimate of drug-likeness (QED) is 0.181. The summed E-state index contributed by atoms with van der Waals surface area (Å²) in [5, 5.41) is 19.4. The number of carboxylic acids is 1. The van der Waals surface area contributed by atoms with Gasteiger partial charge in [-0.3, -0.25) is 9.59 Å². The lowest BCUT2D eigenvalue weighted by molar-refractivity contribution is -0.257. The molecule has 0 fully saturated rings. The van der Waals surface area contributed by atoms with Crippen molar-refractivity contribution in [2.45, 2.75) is 50.8 Å². The van der Waals surface area contributed by atoms with Crippen molar-refractivity contribution >= 4 is 22.9 Å². The van der Waals surface area contributed by atoms with Gasteiger partial charge in [-0.1, -0.05) is 72.8 Å². The van der Waals surface area contributed by atoms with Crippen molar-refractivity contribution in [3.63, 3.8) is 0 Å². The Labute approximate surface area is 233 Å². The van der Waals surface area contributed by atoms with Crippen LogP contribution in [-0.2, 0) is 20.7 Å². The van der Waals surface area contributed by atoms with Crippen LogP contribution in [-0.4, -0.2) is 33.9 Å².